The molecule has 0 aromatic carbocycles. The van der Waals surface area contributed by atoms with Gasteiger partial charge in [0, 0.05) is 11.4 Å². The van der Waals surface area contributed by atoms with Gasteiger partial charge in [0.2, 0.25) is 0 Å². The number of hydrogen-bond acceptors (Lipinski definition) is 4. The van der Waals surface area contributed by atoms with Crippen LogP contribution in [0.2, 0.25) is 0 Å². The fourth-order valence-corrected chi connectivity index (χ4v) is 4.32. The number of fused-ring (bicyclic) bond motifs is 1. The minimum absolute atomic E-state index is 0.240. The number of hydrogen-bond donors (Lipinski definition) is 2. The molecule has 2 rings (SSSR count). The number of nitrogens with one attached hydrogen (secondary N) is 2. The van der Waals surface area contributed by atoms with E-state index in [1.807, 2.05) is 6.92 Å². The van der Waals surface area contributed by atoms with E-state index in [4.69, 9.17) is 17.0 Å². The van der Waals surface area contributed by atoms with Crippen LogP contribution in [-0.2, 0) is 17.6 Å². The van der Waals surface area contributed by atoms with Gasteiger partial charge in [-0.2, -0.15) is 0 Å². The van der Waals surface area contributed by atoms with E-state index in [-0.39, 0.29) is 5.97 Å². The average Bonchev–Trinajstić information content (AvgIpc) is 2.82. The first kappa shape index (κ1) is 17.2. The molecule has 1 heterocycles. The molecule has 1 atom stereocenters. The second-order valence-electron chi connectivity index (χ2n) is 5.66. The van der Waals surface area contributed by atoms with Crippen LogP contribution in [0.4, 0.5) is 5.00 Å². The highest BCUT2D eigenvalue weighted by molar-refractivity contribution is 7.80. The molecule has 0 aliphatic heterocycles. The largest absolute Gasteiger partial charge is 0.462 e. The summed E-state index contributed by atoms with van der Waals surface area (Å²) < 4.78 is 5.25. The van der Waals surface area contributed by atoms with Crippen LogP contribution in [-0.4, -0.2) is 24.2 Å². The van der Waals surface area contributed by atoms with E-state index < -0.39 is 0 Å². The smallest absolute Gasteiger partial charge is 0.341 e. The number of rotatable bonds is 5. The molecule has 22 heavy (non-hydrogen) atoms. The molecule has 0 saturated heterocycles. The molecule has 0 radical (unpaired) electrons. The van der Waals surface area contributed by atoms with Crippen LogP contribution in [0.1, 0.15) is 54.4 Å². The van der Waals surface area contributed by atoms with Gasteiger partial charge in [-0.15, -0.1) is 11.3 Å². The molecule has 0 amide bonds. The molecule has 1 aliphatic carbocycles. The number of carbonyl (C=O) groups excluding carboxylic acids is 1. The molecular weight excluding hydrogens is 316 g/mol. The van der Waals surface area contributed by atoms with Crippen molar-refractivity contribution in [1.82, 2.24) is 5.32 Å². The van der Waals surface area contributed by atoms with Crippen LogP contribution in [0.15, 0.2) is 0 Å². The van der Waals surface area contributed by atoms with Gasteiger partial charge in [-0.05, 0) is 56.3 Å². The maximum atomic E-state index is 12.4. The zero-order valence-electron chi connectivity index (χ0n) is 13.5. The fraction of sp³-hybridized carbons (Fsp3) is 0.625. The summed E-state index contributed by atoms with van der Waals surface area (Å²) in [6, 6.07) is 0. The van der Waals surface area contributed by atoms with Crippen molar-refractivity contribution < 1.29 is 9.53 Å². The first-order chi connectivity index (χ1) is 10.6. The number of thiophene rings is 1. The van der Waals surface area contributed by atoms with Crippen LogP contribution in [0.5, 0.6) is 0 Å². The van der Waals surface area contributed by atoms with Crippen LogP contribution in [0.3, 0.4) is 0 Å². The van der Waals surface area contributed by atoms with Gasteiger partial charge >= 0.3 is 5.97 Å². The predicted octanol–water partition coefficient (Wildman–Crippen LogP) is 3.75. The average molecular weight is 341 g/mol. The summed E-state index contributed by atoms with van der Waals surface area (Å²) in [4.78, 5) is 13.7. The lowest BCUT2D eigenvalue weighted by Gasteiger charge is -2.18. The second kappa shape index (κ2) is 7.92. The van der Waals surface area contributed by atoms with Crippen molar-refractivity contribution in [3.63, 3.8) is 0 Å². The van der Waals surface area contributed by atoms with E-state index in [0.29, 0.717) is 23.2 Å². The molecule has 0 fully saturated rings. The maximum Gasteiger partial charge on any atom is 0.341 e. The van der Waals surface area contributed by atoms with Gasteiger partial charge in [0.15, 0.2) is 5.11 Å². The van der Waals surface area contributed by atoms with Crippen molar-refractivity contribution >= 4 is 39.6 Å². The van der Waals surface area contributed by atoms with Gasteiger partial charge in [0.25, 0.3) is 0 Å². The molecule has 0 unspecified atom stereocenters. The minimum Gasteiger partial charge on any atom is -0.462 e. The lowest BCUT2D eigenvalue weighted by atomic mass is 9.88. The summed E-state index contributed by atoms with van der Waals surface area (Å²) in [5, 5.41) is 7.73. The van der Waals surface area contributed by atoms with Gasteiger partial charge < -0.3 is 15.4 Å². The predicted molar refractivity (Wildman–Crippen MR) is 96.0 cm³/mol. The van der Waals surface area contributed by atoms with Crippen molar-refractivity contribution in [2.45, 2.75) is 46.5 Å². The standard InChI is InChI=1S/C16H24N2O2S2/c1-4-8-17-16(21)18-14-13(15(19)20-5-2)11-7-6-10(3)9-12(11)22-14/h10H,4-9H2,1-3H3,(H2,17,18,21)/t10-/m0/s1. The Morgan fingerprint density at radius 3 is 2.91 bits per heavy atom. The Kier molecular flexibility index (Phi) is 6.20. The third kappa shape index (κ3) is 3.98. The van der Waals surface area contributed by atoms with Crippen LogP contribution >= 0.6 is 23.6 Å². The molecule has 122 valence electrons. The van der Waals surface area contributed by atoms with Crippen molar-refractivity contribution in [2.75, 3.05) is 18.5 Å². The Labute approximate surface area is 141 Å². The van der Waals surface area contributed by atoms with Gasteiger partial charge in [0.1, 0.15) is 5.00 Å². The zero-order valence-corrected chi connectivity index (χ0v) is 15.1. The summed E-state index contributed by atoms with van der Waals surface area (Å²) in [6.45, 7) is 7.39. The molecule has 1 aromatic rings. The van der Waals surface area contributed by atoms with E-state index in [1.165, 1.54) is 4.88 Å². The number of carbonyl (C=O) groups is 1. The van der Waals surface area contributed by atoms with Gasteiger partial charge in [0.05, 0.1) is 12.2 Å². The van der Waals surface area contributed by atoms with Crippen molar-refractivity contribution in [2.24, 2.45) is 5.92 Å². The fourth-order valence-electron chi connectivity index (χ4n) is 2.64. The zero-order chi connectivity index (χ0) is 16.1. The molecule has 0 spiro atoms. The Bertz CT molecular complexity index is 555. The van der Waals surface area contributed by atoms with E-state index in [9.17, 15) is 4.79 Å². The van der Waals surface area contributed by atoms with Gasteiger partial charge in [-0.1, -0.05) is 13.8 Å². The Hall–Kier alpha value is -1.14. The lowest BCUT2D eigenvalue weighted by Crippen LogP contribution is -2.29. The molecule has 1 aromatic heterocycles. The summed E-state index contributed by atoms with van der Waals surface area (Å²) in [6.07, 6.45) is 4.10. The number of esters is 1. The summed E-state index contributed by atoms with van der Waals surface area (Å²) in [7, 11) is 0. The van der Waals surface area contributed by atoms with E-state index in [1.54, 1.807) is 11.3 Å². The summed E-state index contributed by atoms with van der Waals surface area (Å²) in [5.41, 5.74) is 1.84. The monoisotopic (exact) mass is 340 g/mol. The number of anilines is 1. The van der Waals surface area contributed by atoms with Crippen LogP contribution < -0.4 is 10.6 Å². The van der Waals surface area contributed by atoms with Crippen molar-refractivity contribution in [3.05, 3.63) is 16.0 Å². The quantitative estimate of drug-likeness (QED) is 0.631. The highest BCUT2D eigenvalue weighted by Gasteiger charge is 2.28. The Balaban J connectivity index is 2.27. The third-order valence-electron chi connectivity index (χ3n) is 3.75. The number of thiocarbonyl (C=S) groups is 1. The molecule has 1 aliphatic rings. The summed E-state index contributed by atoms with van der Waals surface area (Å²) in [5.74, 6) is 0.426. The highest BCUT2D eigenvalue weighted by Crippen LogP contribution is 2.40. The van der Waals surface area contributed by atoms with Gasteiger partial charge in [-0.25, -0.2) is 4.79 Å². The van der Waals surface area contributed by atoms with Gasteiger partial charge in [-0.3, -0.25) is 0 Å². The van der Waals surface area contributed by atoms with Crippen molar-refractivity contribution in [1.29, 1.82) is 0 Å². The SMILES string of the molecule is CCCNC(=S)Nc1sc2c(c1C(=O)OCC)CC[C@H](C)C2. The summed E-state index contributed by atoms with van der Waals surface area (Å²) >= 11 is 6.95. The number of ether oxygens (including phenoxy) is 1. The minimum atomic E-state index is -0.240. The molecule has 4 nitrogen and oxygen atoms in total. The van der Waals surface area contributed by atoms with Crippen molar-refractivity contribution in [3.8, 4) is 0 Å². The maximum absolute atomic E-state index is 12.4. The topological polar surface area (TPSA) is 50.4 Å². The molecule has 0 bridgehead atoms. The first-order valence-electron chi connectivity index (χ1n) is 7.93. The molecule has 0 saturated carbocycles. The second-order valence-corrected chi connectivity index (χ2v) is 7.17. The molecule has 6 heteroatoms. The lowest BCUT2D eigenvalue weighted by molar-refractivity contribution is 0.0526. The Morgan fingerprint density at radius 2 is 2.23 bits per heavy atom. The molecule has 2 N–H and O–H groups in total. The Morgan fingerprint density at radius 1 is 1.45 bits per heavy atom. The van der Waals surface area contributed by atoms with E-state index in [0.717, 1.165) is 42.8 Å². The third-order valence-corrected chi connectivity index (χ3v) is 5.17. The van der Waals surface area contributed by atoms with Crippen LogP contribution in [0.25, 0.3) is 0 Å². The first-order valence-corrected chi connectivity index (χ1v) is 9.15. The molecular formula is C16H24N2O2S2. The normalized spacial score (nSPS) is 16.8. The van der Waals surface area contributed by atoms with Crippen LogP contribution in [0, 0.1) is 5.92 Å². The van der Waals surface area contributed by atoms with E-state index in [2.05, 4.69) is 24.5 Å². The van der Waals surface area contributed by atoms with E-state index >= 15 is 0 Å². The highest BCUT2D eigenvalue weighted by atomic mass is 32.1.